The van der Waals surface area contributed by atoms with E-state index in [4.69, 9.17) is 5.11 Å². The molecule has 0 saturated heterocycles. The number of benzene rings is 2. The van der Waals surface area contributed by atoms with Crippen LogP contribution in [0.5, 0.6) is 11.5 Å². The Morgan fingerprint density at radius 1 is 1.09 bits per heavy atom. The number of rotatable bonds is 4. The van der Waals surface area contributed by atoms with E-state index < -0.39 is 45.0 Å². The second kappa shape index (κ2) is 5.52. The Labute approximate surface area is 123 Å². The molecule has 0 atom stereocenters. The van der Waals surface area contributed by atoms with Crippen molar-refractivity contribution in [3.63, 3.8) is 0 Å². The number of hydrogen-bond acceptors (Lipinski definition) is 6. The Bertz CT molecular complexity index is 784. The molecule has 2 aromatic carbocycles. The Kier molecular flexibility index (Phi) is 3.76. The van der Waals surface area contributed by atoms with Crippen LogP contribution >= 0.6 is 0 Å². The quantitative estimate of drug-likeness (QED) is 0.339. The number of nitro groups is 1. The molecule has 0 fully saturated rings. The van der Waals surface area contributed by atoms with Crippen LogP contribution in [-0.4, -0.2) is 32.0 Å². The number of carbonyl (C=O) groups excluding carboxylic acids is 1. The summed E-state index contributed by atoms with van der Waals surface area (Å²) in [5, 5.41) is 39.3. The molecular formula is C14H9NO7. The molecule has 3 N–H and O–H groups in total. The second-order valence-electron chi connectivity index (χ2n) is 4.27. The topological polar surface area (TPSA) is 138 Å². The fourth-order valence-electron chi connectivity index (χ4n) is 1.95. The first-order valence-corrected chi connectivity index (χ1v) is 5.91. The molecule has 2 aromatic rings. The third-order valence-electron chi connectivity index (χ3n) is 2.93. The number of phenols is 2. The molecule has 0 amide bonds. The zero-order chi connectivity index (χ0) is 16.4. The molecular weight excluding hydrogens is 294 g/mol. The van der Waals surface area contributed by atoms with Gasteiger partial charge in [0.25, 0.3) is 0 Å². The zero-order valence-corrected chi connectivity index (χ0v) is 10.9. The largest absolute Gasteiger partial charge is 0.504 e. The Morgan fingerprint density at radius 2 is 1.68 bits per heavy atom. The minimum Gasteiger partial charge on any atom is -0.504 e. The van der Waals surface area contributed by atoms with Crippen molar-refractivity contribution >= 4 is 17.4 Å². The van der Waals surface area contributed by atoms with Gasteiger partial charge < -0.3 is 15.3 Å². The van der Waals surface area contributed by atoms with Gasteiger partial charge in [0, 0.05) is 5.56 Å². The fraction of sp³-hybridized carbons (Fsp3) is 0. The standard InChI is InChI=1S/C14H9NO7/c16-9-6-8(14(19)20)10(11(13(9)18)15(21)22)12(17)7-4-2-1-3-5-7/h1-6,16,18H,(H,19,20). The van der Waals surface area contributed by atoms with Crippen LogP contribution in [0, 0.1) is 10.1 Å². The fourth-order valence-corrected chi connectivity index (χ4v) is 1.95. The smallest absolute Gasteiger partial charge is 0.336 e. The van der Waals surface area contributed by atoms with Crippen LogP contribution in [0.3, 0.4) is 0 Å². The number of nitro benzene ring substituents is 1. The van der Waals surface area contributed by atoms with Crippen molar-refractivity contribution in [2.45, 2.75) is 0 Å². The van der Waals surface area contributed by atoms with Crippen molar-refractivity contribution in [2.75, 3.05) is 0 Å². The van der Waals surface area contributed by atoms with Gasteiger partial charge in [-0.3, -0.25) is 14.9 Å². The summed E-state index contributed by atoms with van der Waals surface area (Å²) < 4.78 is 0. The lowest BCUT2D eigenvalue weighted by molar-refractivity contribution is -0.386. The minimum atomic E-state index is -1.64. The lowest BCUT2D eigenvalue weighted by Gasteiger charge is -2.09. The molecule has 8 heteroatoms. The highest BCUT2D eigenvalue weighted by Gasteiger charge is 2.34. The van der Waals surface area contributed by atoms with Crippen molar-refractivity contribution in [3.8, 4) is 11.5 Å². The summed E-state index contributed by atoms with van der Waals surface area (Å²) in [7, 11) is 0. The lowest BCUT2D eigenvalue weighted by Crippen LogP contribution is -2.13. The maximum absolute atomic E-state index is 12.4. The van der Waals surface area contributed by atoms with Crippen LogP contribution < -0.4 is 0 Å². The molecule has 0 saturated carbocycles. The summed E-state index contributed by atoms with van der Waals surface area (Å²) >= 11 is 0. The Hall–Kier alpha value is -3.42. The van der Waals surface area contributed by atoms with Crippen LogP contribution in [0.25, 0.3) is 0 Å². The Balaban J connectivity index is 2.83. The number of hydrogen-bond donors (Lipinski definition) is 3. The predicted octanol–water partition coefficient (Wildman–Crippen LogP) is 1.94. The highest BCUT2D eigenvalue weighted by molar-refractivity contribution is 6.17. The van der Waals surface area contributed by atoms with Crippen molar-refractivity contribution in [3.05, 3.63) is 63.2 Å². The molecule has 0 aliphatic heterocycles. The molecule has 0 aromatic heterocycles. The predicted molar refractivity (Wildman–Crippen MR) is 73.3 cm³/mol. The van der Waals surface area contributed by atoms with Crippen molar-refractivity contribution < 1.29 is 29.8 Å². The average Bonchev–Trinajstić information content (AvgIpc) is 2.48. The highest BCUT2D eigenvalue weighted by atomic mass is 16.6. The number of ketones is 1. The van der Waals surface area contributed by atoms with Gasteiger partial charge in [-0.15, -0.1) is 0 Å². The van der Waals surface area contributed by atoms with Crippen LogP contribution in [0.15, 0.2) is 36.4 Å². The van der Waals surface area contributed by atoms with E-state index in [1.165, 1.54) is 24.3 Å². The summed E-state index contributed by atoms with van der Waals surface area (Å²) in [6, 6.07) is 7.90. The van der Waals surface area contributed by atoms with Gasteiger partial charge in [0.2, 0.25) is 11.5 Å². The first-order valence-electron chi connectivity index (χ1n) is 5.91. The molecule has 0 aliphatic carbocycles. The van der Waals surface area contributed by atoms with Gasteiger partial charge in [-0.05, 0) is 6.07 Å². The van der Waals surface area contributed by atoms with Gasteiger partial charge in [-0.2, -0.15) is 0 Å². The van der Waals surface area contributed by atoms with Crippen LogP contribution in [0.2, 0.25) is 0 Å². The third kappa shape index (κ3) is 2.44. The maximum atomic E-state index is 12.4. The molecule has 112 valence electrons. The van der Waals surface area contributed by atoms with Crippen LogP contribution in [-0.2, 0) is 0 Å². The van der Waals surface area contributed by atoms with Crippen LogP contribution in [0.1, 0.15) is 26.3 Å². The summed E-state index contributed by atoms with van der Waals surface area (Å²) in [6.45, 7) is 0. The summed E-state index contributed by atoms with van der Waals surface area (Å²) in [5.41, 5.74) is -2.70. The molecule has 0 unspecified atom stereocenters. The minimum absolute atomic E-state index is 0.0122. The van der Waals surface area contributed by atoms with Gasteiger partial charge in [0.1, 0.15) is 5.56 Å². The summed E-state index contributed by atoms with van der Waals surface area (Å²) in [6.07, 6.45) is 0. The highest BCUT2D eigenvalue weighted by Crippen LogP contribution is 2.41. The number of aromatic carboxylic acids is 1. The van der Waals surface area contributed by atoms with E-state index in [2.05, 4.69) is 0 Å². The average molecular weight is 303 g/mol. The van der Waals surface area contributed by atoms with Gasteiger partial charge in [-0.1, -0.05) is 30.3 Å². The van der Waals surface area contributed by atoms with Crippen molar-refractivity contribution in [1.29, 1.82) is 0 Å². The summed E-state index contributed by atoms with van der Waals surface area (Å²) in [4.78, 5) is 33.6. The molecule has 2 rings (SSSR count). The van der Waals surface area contributed by atoms with E-state index in [1.807, 2.05) is 0 Å². The van der Waals surface area contributed by atoms with E-state index in [9.17, 15) is 29.9 Å². The number of carbonyl (C=O) groups is 2. The number of nitrogens with zero attached hydrogens (tertiary/aromatic N) is 1. The second-order valence-corrected chi connectivity index (χ2v) is 4.27. The lowest BCUT2D eigenvalue weighted by atomic mass is 9.95. The number of carboxylic acids is 1. The molecule has 22 heavy (non-hydrogen) atoms. The maximum Gasteiger partial charge on any atom is 0.336 e. The zero-order valence-electron chi connectivity index (χ0n) is 10.9. The Morgan fingerprint density at radius 3 is 2.18 bits per heavy atom. The molecule has 0 heterocycles. The van der Waals surface area contributed by atoms with E-state index in [0.717, 1.165) is 0 Å². The first-order chi connectivity index (χ1) is 10.3. The van der Waals surface area contributed by atoms with E-state index >= 15 is 0 Å². The van der Waals surface area contributed by atoms with E-state index in [0.29, 0.717) is 6.07 Å². The number of carboxylic acid groups (broad SMARTS) is 1. The van der Waals surface area contributed by atoms with Crippen molar-refractivity contribution in [2.24, 2.45) is 0 Å². The number of aromatic hydroxyl groups is 2. The van der Waals surface area contributed by atoms with E-state index in [1.54, 1.807) is 6.07 Å². The van der Waals surface area contributed by atoms with E-state index in [-0.39, 0.29) is 5.56 Å². The molecule has 0 radical (unpaired) electrons. The molecule has 0 spiro atoms. The number of phenolic OH excluding ortho intramolecular Hbond substituents is 2. The molecule has 8 nitrogen and oxygen atoms in total. The SMILES string of the molecule is O=C(O)c1cc(O)c(O)c([N+](=O)[O-])c1C(=O)c1ccccc1. The van der Waals surface area contributed by atoms with Crippen molar-refractivity contribution in [1.82, 2.24) is 0 Å². The third-order valence-corrected chi connectivity index (χ3v) is 2.93. The van der Waals surface area contributed by atoms with Crippen LogP contribution in [0.4, 0.5) is 5.69 Å². The first kappa shape index (κ1) is 15.0. The van der Waals surface area contributed by atoms with Gasteiger partial charge in [-0.25, -0.2) is 4.79 Å². The normalized spacial score (nSPS) is 10.2. The van der Waals surface area contributed by atoms with Gasteiger partial charge >= 0.3 is 11.7 Å². The monoisotopic (exact) mass is 303 g/mol. The molecule has 0 aliphatic rings. The molecule has 0 bridgehead atoms. The van der Waals surface area contributed by atoms with Gasteiger partial charge in [0.05, 0.1) is 10.5 Å². The summed E-state index contributed by atoms with van der Waals surface area (Å²) in [5.74, 6) is -4.74. The van der Waals surface area contributed by atoms with Gasteiger partial charge in [0.15, 0.2) is 5.75 Å².